The van der Waals surface area contributed by atoms with Crippen LogP contribution in [-0.2, 0) is 23.0 Å². The van der Waals surface area contributed by atoms with Gasteiger partial charge >= 0.3 is 0 Å². The Bertz CT molecular complexity index is 340. The maximum Gasteiger partial charge on any atom is 0.137 e. The van der Waals surface area contributed by atoms with Crippen LogP contribution in [0.15, 0.2) is 12.4 Å². The Morgan fingerprint density at radius 3 is 3.20 bits per heavy atom. The Kier molecular flexibility index (Phi) is 3.16. The molecule has 1 aliphatic heterocycles. The number of carbonyl (C=O) groups excluding carboxylic acids is 1. The quantitative estimate of drug-likeness (QED) is 0.740. The van der Waals surface area contributed by atoms with Crippen molar-refractivity contribution < 1.29 is 9.53 Å². The fourth-order valence-electron chi connectivity index (χ4n) is 1.93. The van der Waals surface area contributed by atoms with Gasteiger partial charge < -0.3 is 4.74 Å². The average Bonchev–Trinajstić information content (AvgIpc) is 2.77. The molecule has 2 rings (SSSR count). The molecule has 1 fully saturated rings. The minimum absolute atomic E-state index is 0.290. The fraction of sp³-hybridized carbons (Fsp3) is 0.636. The van der Waals surface area contributed by atoms with Gasteiger partial charge in [0.2, 0.25) is 0 Å². The van der Waals surface area contributed by atoms with Gasteiger partial charge in [-0.3, -0.25) is 9.48 Å². The molecule has 1 aromatic heterocycles. The summed E-state index contributed by atoms with van der Waals surface area (Å²) in [6.45, 7) is 1.56. The van der Waals surface area contributed by atoms with Gasteiger partial charge in [-0.1, -0.05) is 0 Å². The number of ketones is 1. The summed E-state index contributed by atoms with van der Waals surface area (Å²) in [7, 11) is 1.86. The molecule has 4 heteroatoms. The second-order valence-corrected chi connectivity index (χ2v) is 4.17. The summed E-state index contributed by atoms with van der Waals surface area (Å²) in [5, 5.41) is 4.04. The maximum absolute atomic E-state index is 11.7. The minimum Gasteiger partial charge on any atom is -0.381 e. The number of aromatic nitrogens is 2. The molecule has 1 aromatic rings. The molecule has 0 aliphatic carbocycles. The van der Waals surface area contributed by atoms with E-state index in [4.69, 9.17) is 4.74 Å². The van der Waals surface area contributed by atoms with Gasteiger partial charge in [-0.05, 0) is 17.9 Å². The first-order valence-corrected chi connectivity index (χ1v) is 5.31. The van der Waals surface area contributed by atoms with Gasteiger partial charge in [-0.2, -0.15) is 5.10 Å². The third-order valence-corrected chi connectivity index (χ3v) is 2.70. The van der Waals surface area contributed by atoms with E-state index in [1.165, 1.54) is 0 Å². The largest absolute Gasteiger partial charge is 0.381 e. The van der Waals surface area contributed by atoms with E-state index in [1.807, 2.05) is 13.2 Å². The molecule has 2 heterocycles. The van der Waals surface area contributed by atoms with Gasteiger partial charge in [-0.15, -0.1) is 0 Å². The van der Waals surface area contributed by atoms with Crippen LogP contribution in [0, 0.1) is 5.92 Å². The van der Waals surface area contributed by atoms with Gasteiger partial charge in [-0.25, -0.2) is 0 Å². The number of aryl methyl sites for hydroxylation is 1. The summed E-state index contributed by atoms with van der Waals surface area (Å²) in [6, 6.07) is 0. The first-order valence-electron chi connectivity index (χ1n) is 5.31. The Labute approximate surface area is 89.2 Å². The molecule has 0 spiro atoms. The predicted molar refractivity (Wildman–Crippen MR) is 55.5 cm³/mol. The molecule has 0 radical (unpaired) electrons. The van der Waals surface area contributed by atoms with Crippen LogP contribution >= 0.6 is 0 Å². The molecule has 0 N–H and O–H groups in total. The monoisotopic (exact) mass is 208 g/mol. The predicted octanol–water partition coefficient (Wildman–Crippen LogP) is 0.958. The highest BCUT2D eigenvalue weighted by Crippen LogP contribution is 2.17. The molecule has 82 valence electrons. The Morgan fingerprint density at radius 2 is 2.60 bits per heavy atom. The summed E-state index contributed by atoms with van der Waals surface area (Å²) >= 11 is 0. The van der Waals surface area contributed by atoms with E-state index in [9.17, 15) is 4.79 Å². The van der Waals surface area contributed by atoms with Crippen molar-refractivity contribution in [2.75, 3.05) is 13.2 Å². The zero-order chi connectivity index (χ0) is 10.7. The van der Waals surface area contributed by atoms with Crippen molar-refractivity contribution in [3.63, 3.8) is 0 Å². The van der Waals surface area contributed by atoms with Crippen LogP contribution in [0.4, 0.5) is 0 Å². The van der Waals surface area contributed by atoms with Crippen LogP contribution in [0.25, 0.3) is 0 Å². The molecule has 1 aliphatic rings. The van der Waals surface area contributed by atoms with E-state index < -0.39 is 0 Å². The van der Waals surface area contributed by atoms with Crippen LogP contribution in [0.5, 0.6) is 0 Å². The van der Waals surface area contributed by atoms with Gasteiger partial charge in [0.05, 0.1) is 6.20 Å². The van der Waals surface area contributed by atoms with Crippen molar-refractivity contribution in [2.24, 2.45) is 13.0 Å². The van der Waals surface area contributed by atoms with Gasteiger partial charge in [0.25, 0.3) is 0 Å². The van der Waals surface area contributed by atoms with E-state index in [0.29, 0.717) is 24.5 Å². The summed E-state index contributed by atoms with van der Waals surface area (Å²) in [6.07, 6.45) is 5.82. The van der Waals surface area contributed by atoms with Gasteiger partial charge in [0.1, 0.15) is 5.78 Å². The molecule has 0 saturated carbocycles. The Hall–Kier alpha value is -1.16. The standard InChI is InChI=1S/C11H16N2O2/c1-13-7-10(6-12-13)5-11(14)4-9-2-3-15-8-9/h6-7,9H,2-5,8H2,1H3. The average molecular weight is 208 g/mol. The number of hydrogen-bond donors (Lipinski definition) is 0. The third kappa shape index (κ3) is 2.89. The number of rotatable bonds is 4. The lowest BCUT2D eigenvalue weighted by Gasteiger charge is -2.04. The molecule has 1 unspecified atom stereocenters. The zero-order valence-electron chi connectivity index (χ0n) is 8.98. The van der Waals surface area contributed by atoms with Crippen molar-refractivity contribution in [2.45, 2.75) is 19.3 Å². The molecule has 1 atom stereocenters. The number of hydrogen-bond acceptors (Lipinski definition) is 3. The van der Waals surface area contributed by atoms with E-state index >= 15 is 0 Å². The molecule has 0 amide bonds. The number of Topliss-reactive ketones (excluding diaryl/α,β-unsaturated/α-hetero) is 1. The highest BCUT2D eigenvalue weighted by atomic mass is 16.5. The lowest BCUT2D eigenvalue weighted by molar-refractivity contribution is -0.119. The second-order valence-electron chi connectivity index (χ2n) is 4.17. The topological polar surface area (TPSA) is 44.1 Å². The van der Waals surface area contributed by atoms with E-state index in [1.54, 1.807) is 10.9 Å². The van der Waals surface area contributed by atoms with Crippen LogP contribution in [0.3, 0.4) is 0 Å². The van der Waals surface area contributed by atoms with E-state index in [-0.39, 0.29) is 0 Å². The molecule has 1 saturated heterocycles. The molecule has 15 heavy (non-hydrogen) atoms. The SMILES string of the molecule is Cn1cc(CC(=O)CC2CCOC2)cn1. The second kappa shape index (κ2) is 4.57. The lowest BCUT2D eigenvalue weighted by atomic mass is 9.99. The highest BCUT2D eigenvalue weighted by molar-refractivity contribution is 5.80. The first-order chi connectivity index (χ1) is 7.24. The Morgan fingerprint density at radius 1 is 1.73 bits per heavy atom. The van der Waals surface area contributed by atoms with Crippen LogP contribution < -0.4 is 0 Å². The summed E-state index contributed by atoms with van der Waals surface area (Å²) < 4.78 is 6.97. The third-order valence-electron chi connectivity index (χ3n) is 2.70. The van der Waals surface area contributed by atoms with Crippen molar-refractivity contribution >= 4 is 5.78 Å². The first kappa shape index (κ1) is 10.4. The van der Waals surface area contributed by atoms with Gasteiger partial charge in [0, 0.05) is 39.3 Å². The maximum atomic E-state index is 11.7. The van der Waals surface area contributed by atoms with Gasteiger partial charge in [0.15, 0.2) is 0 Å². The van der Waals surface area contributed by atoms with Crippen molar-refractivity contribution in [3.8, 4) is 0 Å². The lowest BCUT2D eigenvalue weighted by Crippen LogP contribution is -2.10. The smallest absolute Gasteiger partial charge is 0.137 e. The van der Waals surface area contributed by atoms with E-state index in [2.05, 4.69) is 5.10 Å². The van der Waals surface area contributed by atoms with Crippen LogP contribution in [-0.4, -0.2) is 28.8 Å². The van der Waals surface area contributed by atoms with Crippen LogP contribution in [0.2, 0.25) is 0 Å². The summed E-state index contributed by atoms with van der Waals surface area (Å²) in [4.78, 5) is 11.7. The van der Waals surface area contributed by atoms with Crippen molar-refractivity contribution in [1.29, 1.82) is 0 Å². The zero-order valence-corrected chi connectivity index (χ0v) is 8.98. The highest BCUT2D eigenvalue weighted by Gasteiger charge is 2.19. The summed E-state index contributed by atoms with van der Waals surface area (Å²) in [5.41, 5.74) is 1.00. The Balaban J connectivity index is 1.81. The normalized spacial score (nSPS) is 20.7. The summed E-state index contributed by atoms with van der Waals surface area (Å²) in [5.74, 6) is 0.729. The van der Waals surface area contributed by atoms with E-state index in [0.717, 1.165) is 25.2 Å². The fourth-order valence-corrected chi connectivity index (χ4v) is 1.93. The molecular weight excluding hydrogens is 192 g/mol. The molecule has 0 bridgehead atoms. The molecular formula is C11H16N2O2. The molecule has 0 aromatic carbocycles. The number of carbonyl (C=O) groups is 1. The number of ether oxygens (including phenoxy) is 1. The van der Waals surface area contributed by atoms with Crippen molar-refractivity contribution in [1.82, 2.24) is 9.78 Å². The van der Waals surface area contributed by atoms with Crippen LogP contribution in [0.1, 0.15) is 18.4 Å². The minimum atomic E-state index is 0.290. The van der Waals surface area contributed by atoms with Crippen molar-refractivity contribution in [3.05, 3.63) is 18.0 Å². The number of nitrogens with zero attached hydrogens (tertiary/aromatic N) is 2. The molecule has 4 nitrogen and oxygen atoms in total.